The number of ether oxygens (including phenoxy) is 1. The van der Waals surface area contributed by atoms with E-state index >= 15 is 0 Å². The molecule has 0 radical (unpaired) electrons. The van der Waals surface area contributed by atoms with E-state index in [4.69, 9.17) is 4.74 Å². The van der Waals surface area contributed by atoms with Crippen LogP contribution in [-0.2, 0) is 4.74 Å². The number of anilines is 2. The Kier molecular flexibility index (Phi) is 4.45. The molecule has 0 bridgehead atoms. The maximum absolute atomic E-state index is 11.7. The van der Waals surface area contributed by atoms with E-state index in [0.717, 1.165) is 6.20 Å². The van der Waals surface area contributed by atoms with Crippen LogP contribution in [0.3, 0.4) is 0 Å². The Morgan fingerprint density at radius 2 is 2.24 bits per heavy atom. The van der Waals surface area contributed by atoms with Crippen LogP contribution in [0.2, 0.25) is 0 Å². The monoisotopic (exact) mass is 287 g/mol. The topological polar surface area (TPSA) is 94.4 Å². The number of hydrogen-bond acceptors (Lipinski definition) is 6. The van der Waals surface area contributed by atoms with Crippen LogP contribution in [-0.4, -0.2) is 22.5 Å². The predicted molar refractivity (Wildman–Crippen MR) is 76.6 cm³/mol. The Hall–Kier alpha value is -2.96. The molecule has 0 saturated heterocycles. The molecule has 7 nitrogen and oxygen atoms in total. The quantitative estimate of drug-likeness (QED) is 0.516. The summed E-state index contributed by atoms with van der Waals surface area (Å²) in [5.74, 6) is -0.439. The first-order valence-corrected chi connectivity index (χ1v) is 6.24. The second-order valence-electron chi connectivity index (χ2n) is 4.08. The third-order valence-corrected chi connectivity index (χ3v) is 2.65. The van der Waals surface area contributed by atoms with Crippen LogP contribution in [0, 0.1) is 10.1 Å². The first-order valence-electron chi connectivity index (χ1n) is 6.24. The van der Waals surface area contributed by atoms with Gasteiger partial charge >= 0.3 is 11.7 Å². The Morgan fingerprint density at radius 3 is 2.95 bits per heavy atom. The highest BCUT2D eigenvalue weighted by Gasteiger charge is 2.14. The Morgan fingerprint density at radius 1 is 1.43 bits per heavy atom. The maximum Gasteiger partial charge on any atom is 0.338 e. The van der Waals surface area contributed by atoms with E-state index in [9.17, 15) is 14.9 Å². The van der Waals surface area contributed by atoms with E-state index in [2.05, 4.69) is 10.3 Å². The summed E-state index contributed by atoms with van der Waals surface area (Å²) in [6.45, 7) is 2.01. The van der Waals surface area contributed by atoms with Gasteiger partial charge in [-0.1, -0.05) is 6.07 Å². The maximum atomic E-state index is 11.7. The third-order valence-electron chi connectivity index (χ3n) is 2.65. The highest BCUT2D eigenvalue weighted by atomic mass is 16.6. The molecule has 0 saturated carbocycles. The van der Waals surface area contributed by atoms with Crippen LogP contribution in [0.1, 0.15) is 17.3 Å². The van der Waals surface area contributed by atoms with E-state index < -0.39 is 10.9 Å². The number of nitro groups is 1. The molecule has 0 unspecified atom stereocenters. The van der Waals surface area contributed by atoms with Gasteiger partial charge in [0.15, 0.2) is 0 Å². The highest BCUT2D eigenvalue weighted by molar-refractivity contribution is 5.90. The lowest BCUT2D eigenvalue weighted by atomic mass is 10.2. The minimum atomic E-state index is -0.523. The number of pyridine rings is 1. The summed E-state index contributed by atoms with van der Waals surface area (Å²) in [5.41, 5.74) is 1.09. The van der Waals surface area contributed by atoms with Crippen molar-refractivity contribution in [1.29, 1.82) is 0 Å². The summed E-state index contributed by atoms with van der Waals surface area (Å²) in [7, 11) is 0. The Bertz CT molecular complexity index is 673. The SMILES string of the molecule is CCOC(=O)c1cccc(Nc2ccncc2[N+](=O)[O-])c1. The second kappa shape index (κ2) is 6.47. The van der Waals surface area contributed by atoms with Gasteiger partial charge in [0.05, 0.1) is 17.1 Å². The number of nitrogens with one attached hydrogen (secondary N) is 1. The molecule has 7 heteroatoms. The number of carbonyl (C=O) groups excluding carboxylic acids is 1. The Balaban J connectivity index is 2.26. The van der Waals surface area contributed by atoms with Crippen molar-refractivity contribution in [2.45, 2.75) is 6.92 Å². The summed E-state index contributed by atoms with van der Waals surface area (Å²) in [6, 6.07) is 8.05. The third kappa shape index (κ3) is 3.53. The minimum absolute atomic E-state index is 0.140. The molecule has 0 aliphatic carbocycles. The van der Waals surface area contributed by atoms with Crippen molar-refractivity contribution in [3.05, 3.63) is 58.4 Å². The molecule has 0 atom stereocenters. The molecule has 108 valence electrons. The van der Waals surface area contributed by atoms with Gasteiger partial charge in [-0.25, -0.2) is 4.79 Å². The van der Waals surface area contributed by atoms with Crippen molar-refractivity contribution in [1.82, 2.24) is 4.98 Å². The molecule has 21 heavy (non-hydrogen) atoms. The van der Waals surface area contributed by atoms with Gasteiger partial charge in [-0.3, -0.25) is 15.1 Å². The van der Waals surface area contributed by atoms with Gasteiger partial charge in [0.2, 0.25) is 0 Å². The first-order chi connectivity index (χ1) is 10.1. The summed E-state index contributed by atoms with van der Waals surface area (Å²) in [6.07, 6.45) is 2.61. The van der Waals surface area contributed by atoms with Gasteiger partial charge in [0.1, 0.15) is 11.9 Å². The zero-order valence-corrected chi connectivity index (χ0v) is 11.3. The van der Waals surface area contributed by atoms with Crippen molar-refractivity contribution < 1.29 is 14.5 Å². The van der Waals surface area contributed by atoms with Gasteiger partial charge < -0.3 is 10.1 Å². The number of rotatable bonds is 5. The molecule has 2 aromatic rings. The second-order valence-corrected chi connectivity index (χ2v) is 4.08. The number of aromatic nitrogens is 1. The molecule has 0 fully saturated rings. The van der Waals surface area contributed by atoms with Crippen LogP contribution in [0.4, 0.5) is 17.1 Å². The largest absolute Gasteiger partial charge is 0.462 e. The van der Waals surface area contributed by atoms with Crippen LogP contribution < -0.4 is 5.32 Å². The van der Waals surface area contributed by atoms with E-state index in [0.29, 0.717) is 16.9 Å². The van der Waals surface area contributed by atoms with Crippen LogP contribution in [0.15, 0.2) is 42.7 Å². The molecule has 2 rings (SSSR count). The molecule has 1 heterocycles. The van der Waals surface area contributed by atoms with Gasteiger partial charge in [0.25, 0.3) is 0 Å². The standard InChI is InChI=1S/C14H13N3O4/c1-2-21-14(18)10-4-3-5-11(8-10)16-12-6-7-15-9-13(12)17(19)20/h3-9H,2H2,1H3,(H,15,16). The van der Waals surface area contributed by atoms with Gasteiger partial charge in [-0.05, 0) is 31.2 Å². The van der Waals surface area contributed by atoms with E-state index in [-0.39, 0.29) is 12.3 Å². The molecule has 0 amide bonds. The van der Waals surface area contributed by atoms with Crippen molar-refractivity contribution in [3.63, 3.8) is 0 Å². The summed E-state index contributed by atoms with van der Waals surface area (Å²) >= 11 is 0. The first kappa shape index (κ1) is 14.4. The van der Waals surface area contributed by atoms with Crippen LogP contribution in [0.5, 0.6) is 0 Å². The lowest BCUT2D eigenvalue weighted by molar-refractivity contribution is -0.384. The molecule has 0 spiro atoms. The fourth-order valence-corrected chi connectivity index (χ4v) is 1.73. The van der Waals surface area contributed by atoms with E-state index in [1.807, 2.05) is 0 Å². The normalized spacial score (nSPS) is 9.95. The number of hydrogen-bond donors (Lipinski definition) is 1. The van der Waals surface area contributed by atoms with Gasteiger partial charge in [-0.15, -0.1) is 0 Å². The Labute approximate surface area is 120 Å². The van der Waals surface area contributed by atoms with Crippen LogP contribution in [0.25, 0.3) is 0 Å². The number of benzene rings is 1. The lowest BCUT2D eigenvalue weighted by Crippen LogP contribution is -2.05. The number of carbonyl (C=O) groups is 1. The van der Waals surface area contributed by atoms with Crippen LogP contribution >= 0.6 is 0 Å². The fraction of sp³-hybridized carbons (Fsp3) is 0.143. The van der Waals surface area contributed by atoms with E-state index in [1.165, 1.54) is 12.3 Å². The predicted octanol–water partition coefficient (Wildman–Crippen LogP) is 2.91. The number of nitrogens with zero attached hydrogens (tertiary/aromatic N) is 2. The smallest absolute Gasteiger partial charge is 0.338 e. The minimum Gasteiger partial charge on any atom is -0.462 e. The molecule has 1 N–H and O–H groups in total. The average Bonchev–Trinajstić information content (AvgIpc) is 2.48. The molecule has 1 aromatic carbocycles. The van der Waals surface area contributed by atoms with Crippen molar-refractivity contribution in [2.24, 2.45) is 0 Å². The highest BCUT2D eigenvalue weighted by Crippen LogP contribution is 2.26. The van der Waals surface area contributed by atoms with E-state index in [1.54, 1.807) is 31.2 Å². The van der Waals surface area contributed by atoms with Gasteiger partial charge in [0, 0.05) is 11.9 Å². The molecule has 0 aliphatic rings. The zero-order chi connectivity index (χ0) is 15.2. The molecule has 1 aromatic heterocycles. The molecular formula is C14H13N3O4. The lowest BCUT2D eigenvalue weighted by Gasteiger charge is -2.08. The summed E-state index contributed by atoms with van der Waals surface area (Å²) < 4.78 is 4.91. The fourth-order valence-electron chi connectivity index (χ4n) is 1.73. The average molecular weight is 287 g/mol. The zero-order valence-electron chi connectivity index (χ0n) is 11.3. The van der Waals surface area contributed by atoms with Crippen molar-refractivity contribution in [2.75, 3.05) is 11.9 Å². The molecular weight excluding hydrogens is 274 g/mol. The van der Waals surface area contributed by atoms with Crippen molar-refractivity contribution >= 4 is 23.0 Å². The number of esters is 1. The van der Waals surface area contributed by atoms with Crippen molar-refractivity contribution in [3.8, 4) is 0 Å². The van der Waals surface area contributed by atoms with Gasteiger partial charge in [-0.2, -0.15) is 0 Å². The summed E-state index contributed by atoms with van der Waals surface area (Å²) in [5, 5.41) is 13.8. The summed E-state index contributed by atoms with van der Waals surface area (Å²) in [4.78, 5) is 25.8. The molecule has 0 aliphatic heterocycles.